The van der Waals surface area contributed by atoms with Crippen molar-refractivity contribution in [3.63, 3.8) is 0 Å². The van der Waals surface area contributed by atoms with Crippen LogP contribution in [-0.2, 0) is 6.61 Å². The number of rotatable bonds is 7. The van der Waals surface area contributed by atoms with Crippen LogP contribution in [0.2, 0.25) is 5.02 Å². The van der Waals surface area contributed by atoms with Crippen molar-refractivity contribution in [1.82, 2.24) is 0 Å². The van der Waals surface area contributed by atoms with E-state index in [1.807, 2.05) is 43.3 Å². The summed E-state index contributed by atoms with van der Waals surface area (Å²) in [6.07, 6.45) is 0. The maximum atomic E-state index is 12.8. The molecule has 0 aliphatic heterocycles. The second-order valence-electron chi connectivity index (χ2n) is 6.42. The number of carbonyl (C=O) groups excluding carboxylic acids is 1. The first-order valence-corrected chi connectivity index (χ1v) is 9.40. The minimum Gasteiger partial charge on any atom is -0.493 e. The van der Waals surface area contributed by atoms with E-state index in [-0.39, 0.29) is 5.91 Å². The molecule has 0 saturated carbocycles. The van der Waals surface area contributed by atoms with E-state index in [1.54, 1.807) is 24.3 Å². The van der Waals surface area contributed by atoms with Gasteiger partial charge in [-0.25, -0.2) is 0 Å². The second kappa shape index (κ2) is 9.34. The van der Waals surface area contributed by atoms with Crippen LogP contribution in [0.4, 0.5) is 5.69 Å². The Balaban J connectivity index is 1.85. The summed E-state index contributed by atoms with van der Waals surface area (Å²) in [4.78, 5) is 12.8. The van der Waals surface area contributed by atoms with Crippen LogP contribution in [-0.4, -0.2) is 20.1 Å². The minimum absolute atomic E-state index is 0.332. The van der Waals surface area contributed by atoms with Crippen molar-refractivity contribution in [2.75, 3.05) is 19.5 Å². The number of hydrogen-bond acceptors (Lipinski definition) is 4. The quantitative estimate of drug-likeness (QED) is 0.558. The van der Waals surface area contributed by atoms with Crippen LogP contribution < -0.4 is 19.5 Å². The molecule has 0 fully saturated rings. The van der Waals surface area contributed by atoms with Gasteiger partial charge in [0.15, 0.2) is 11.5 Å². The van der Waals surface area contributed by atoms with Gasteiger partial charge in [0.05, 0.1) is 24.9 Å². The lowest BCUT2D eigenvalue weighted by Crippen LogP contribution is -2.13. The molecule has 6 heteroatoms. The number of ether oxygens (including phenoxy) is 3. The first kappa shape index (κ1) is 20.6. The molecular formula is C23H22ClNO4. The summed E-state index contributed by atoms with van der Waals surface area (Å²) in [5.41, 5.74) is 2.91. The lowest BCUT2D eigenvalue weighted by Gasteiger charge is -2.16. The Morgan fingerprint density at radius 3 is 2.21 bits per heavy atom. The molecule has 3 aromatic carbocycles. The predicted molar refractivity (Wildman–Crippen MR) is 114 cm³/mol. The van der Waals surface area contributed by atoms with Gasteiger partial charge in [0.2, 0.25) is 5.75 Å². The van der Waals surface area contributed by atoms with Crippen LogP contribution in [0.5, 0.6) is 17.2 Å². The van der Waals surface area contributed by atoms with E-state index < -0.39 is 0 Å². The van der Waals surface area contributed by atoms with Gasteiger partial charge in [-0.1, -0.05) is 48.0 Å². The van der Waals surface area contributed by atoms with E-state index in [0.29, 0.717) is 40.1 Å². The van der Waals surface area contributed by atoms with Crippen molar-refractivity contribution in [3.05, 3.63) is 82.4 Å². The molecule has 0 spiro atoms. The topological polar surface area (TPSA) is 56.8 Å². The Hall–Kier alpha value is -3.18. The number of amides is 1. The summed E-state index contributed by atoms with van der Waals surface area (Å²) >= 11 is 6.22. The van der Waals surface area contributed by atoms with Gasteiger partial charge in [-0.3, -0.25) is 4.79 Å². The Kier molecular flexibility index (Phi) is 6.62. The fourth-order valence-electron chi connectivity index (χ4n) is 2.80. The Morgan fingerprint density at radius 1 is 0.966 bits per heavy atom. The van der Waals surface area contributed by atoms with Gasteiger partial charge in [-0.2, -0.15) is 0 Å². The average molecular weight is 412 g/mol. The molecule has 0 atom stereocenters. The molecule has 0 radical (unpaired) electrons. The first-order chi connectivity index (χ1) is 14.0. The lowest BCUT2D eigenvalue weighted by atomic mass is 10.1. The highest BCUT2D eigenvalue weighted by molar-refractivity contribution is 6.34. The van der Waals surface area contributed by atoms with Crippen molar-refractivity contribution >= 4 is 23.2 Å². The van der Waals surface area contributed by atoms with Crippen LogP contribution in [0.15, 0.2) is 60.7 Å². The van der Waals surface area contributed by atoms with E-state index in [0.717, 1.165) is 11.1 Å². The van der Waals surface area contributed by atoms with Crippen LogP contribution in [0.25, 0.3) is 0 Å². The number of hydrogen-bond donors (Lipinski definition) is 1. The summed E-state index contributed by atoms with van der Waals surface area (Å²) in [6.45, 7) is 2.28. The zero-order valence-corrected chi connectivity index (χ0v) is 17.2. The van der Waals surface area contributed by atoms with Crippen LogP contribution >= 0.6 is 11.6 Å². The van der Waals surface area contributed by atoms with Crippen molar-refractivity contribution in [3.8, 4) is 17.2 Å². The third kappa shape index (κ3) is 5.00. The van der Waals surface area contributed by atoms with Gasteiger partial charge < -0.3 is 19.5 Å². The van der Waals surface area contributed by atoms with E-state index in [2.05, 4.69) is 5.32 Å². The first-order valence-electron chi connectivity index (χ1n) is 9.02. The van der Waals surface area contributed by atoms with Gasteiger partial charge in [0, 0.05) is 5.56 Å². The Morgan fingerprint density at radius 2 is 1.62 bits per heavy atom. The maximum Gasteiger partial charge on any atom is 0.255 e. The largest absolute Gasteiger partial charge is 0.493 e. The van der Waals surface area contributed by atoms with E-state index in [4.69, 9.17) is 25.8 Å². The third-order valence-electron chi connectivity index (χ3n) is 4.32. The third-order valence-corrected chi connectivity index (χ3v) is 4.63. The molecule has 0 unspecified atom stereocenters. The highest BCUT2D eigenvalue weighted by Crippen LogP contribution is 2.39. The Labute approximate surface area is 175 Å². The molecule has 0 aliphatic carbocycles. The average Bonchev–Trinajstić information content (AvgIpc) is 2.74. The van der Waals surface area contributed by atoms with E-state index in [1.165, 1.54) is 14.2 Å². The minimum atomic E-state index is -0.332. The monoisotopic (exact) mass is 411 g/mol. The number of methoxy groups -OCH3 is 2. The molecule has 3 rings (SSSR count). The van der Waals surface area contributed by atoms with Crippen molar-refractivity contribution in [2.24, 2.45) is 0 Å². The fourth-order valence-corrected chi connectivity index (χ4v) is 3.08. The normalized spacial score (nSPS) is 10.3. The summed E-state index contributed by atoms with van der Waals surface area (Å²) in [6, 6.07) is 18.4. The molecule has 0 aliphatic rings. The highest BCUT2D eigenvalue weighted by atomic mass is 35.5. The number of nitrogens with one attached hydrogen (secondary N) is 1. The van der Waals surface area contributed by atoms with Crippen molar-refractivity contribution < 1.29 is 19.0 Å². The second-order valence-corrected chi connectivity index (χ2v) is 6.83. The number of carbonyl (C=O) groups is 1. The van der Waals surface area contributed by atoms with Crippen molar-refractivity contribution in [1.29, 1.82) is 0 Å². The molecular weight excluding hydrogens is 390 g/mol. The van der Waals surface area contributed by atoms with Gasteiger partial charge in [-0.15, -0.1) is 0 Å². The fraction of sp³-hybridized carbons (Fsp3) is 0.174. The Bertz CT molecular complexity index is 980. The number of anilines is 1. The van der Waals surface area contributed by atoms with E-state index >= 15 is 0 Å². The number of halogens is 1. The van der Waals surface area contributed by atoms with Crippen LogP contribution in [0, 0.1) is 6.92 Å². The van der Waals surface area contributed by atoms with Gasteiger partial charge in [0.1, 0.15) is 6.61 Å². The molecule has 29 heavy (non-hydrogen) atoms. The number of benzene rings is 3. The van der Waals surface area contributed by atoms with Crippen LogP contribution in [0.1, 0.15) is 21.5 Å². The maximum absolute atomic E-state index is 12.8. The molecule has 0 bridgehead atoms. The van der Waals surface area contributed by atoms with Gasteiger partial charge >= 0.3 is 0 Å². The smallest absolute Gasteiger partial charge is 0.255 e. The number of aryl methyl sites for hydroxylation is 1. The molecule has 0 aromatic heterocycles. The SMILES string of the molecule is COc1cc(C(=O)Nc2ccc(C)cc2Cl)cc(OC)c1OCc1ccccc1. The molecule has 0 saturated heterocycles. The summed E-state index contributed by atoms with van der Waals surface area (Å²) in [5, 5.41) is 3.28. The van der Waals surface area contributed by atoms with Crippen molar-refractivity contribution in [2.45, 2.75) is 13.5 Å². The summed E-state index contributed by atoms with van der Waals surface area (Å²) < 4.78 is 16.8. The lowest BCUT2D eigenvalue weighted by molar-refractivity contribution is 0.102. The van der Waals surface area contributed by atoms with E-state index in [9.17, 15) is 4.79 Å². The molecule has 150 valence electrons. The summed E-state index contributed by atoms with van der Waals surface area (Å²) in [7, 11) is 3.03. The zero-order chi connectivity index (χ0) is 20.8. The van der Waals surface area contributed by atoms with Crippen LogP contribution in [0.3, 0.4) is 0 Å². The summed E-state index contributed by atoms with van der Waals surface area (Å²) in [5.74, 6) is 0.909. The van der Waals surface area contributed by atoms with Gasteiger partial charge in [-0.05, 0) is 42.3 Å². The van der Waals surface area contributed by atoms with Gasteiger partial charge in [0.25, 0.3) is 5.91 Å². The molecule has 5 nitrogen and oxygen atoms in total. The standard InChI is InChI=1S/C23H22ClNO4/c1-15-9-10-19(18(24)11-15)25-23(26)17-12-20(27-2)22(21(13-17)28-3)29-14-16-7-5-4-6-8-16/h4-13H,14H2,1-3H3,(H,25,26). The molecule has 1 amide bonds. The predicted octanol–water partition coefficient (Wildman–Crippen LogP) is 5.50. The zero-order valence-electron chi connectivity index (χ0n) is 16.5. The molecule has 0 heterocycles. The highest BCUT2D eigenvalue weighted by Gasteiger charge is 2.18. The molecule has 3 aromatic rings. The molecule has 1 N–H and O–H groups in total.